The summed E-state index contributed by atoms with van der Waals surface area (Å²) in [6.45, 7) is 4.22. The van der Waals surface area contributed by atoms with Crippen molar-refractivity contribution in [2.45, 2.75) is 31.9 Å². The second-order valence-electron chi connectivity index (χ2n) is 4.50. The predicted molar refractivity (Wildman–Crippen MR) is 62.9 cm³/mol. The molecule has 1 aliphatic rings. The largest absolute Gasteiger partial charge is 0.389 e. The van der Waals surface area contributed by atoms with Gasteiger partial charge in [0.25, 0.3) is 0 Å². The summed E-state index contributed by atoms with van der Waals surface area (Å²) in [4.78, 5) is 2.18. The molecule has 90 valence electrons. The highest BCUT2D eigenvalue weighted by Gasteiger charge is 2.29. The number of nitrogens with one attached hydrogen (secondary N) is 1. The molecule has 0 saturated carbocycles. The van der Waals surface area contributed by atoms with Gasteiger partial charge in [0.05, 0.1) is 5.60 Å². The van der Waals surface area contributed by atoms with Gasteiger partial charge in [-0.2, -0.15) is 0 Å². The Morgan fingerprint density at radius 2 is 2.50 bits per heavy atom. The number of nitrogens with two attached hydrogens (primary N) is 1. The zero-order chi connectivity index (χ0) is 11.6. The first-order valence-corrected chi connectivity index (χ1v) is 6.11. The van der Waals surface area contributed by atoms with Gasteiger partial charge in [-0.15, -0.1) is 5.10 Å². The van der Waals surface area contributed by atoms with E-state index in [-0.39, 0.29) is 0 Å². The summed E-state index contributed by atoms with van der Waals surface area (Å²) in [7, 11) is 0. The van der Waals surface area contributed by atoms with Gasteiger partial charge in [0.15, 0.2) is 0 Å². The number of hydrogen-bond donors (Lipinski definition) is 3. The van der Waals surface area contributed by atoms with Crippen LogP contribution in [-0.4, -0.2) is 38.3 Å². The van der Waals surface area contributed by atoms with Crippen molar-refractivity contribution >= 4 is 16.5 Å². The van der Waals surface area contributed by atoms with Gasteiger partial charge in [-0.3, -0.25) is 4.90 Å². The number of β-amino-alcohol motifs (C(OH)–C–C–N with tert-alkyl or cyclic N) is 1. The topological polar surface area (TPSA) is 87.3 Å². The Morgan fingerprint density at radius 3 is 3.19 bits per heavy atom. The summed E-state index contributed by atoms with van der Waals surface area (Å²) in [5.74, 6) is 5.37. The lowest BCUT2D eigenvalue weighted by Crippen LogP contribution is -2.45. The number of hydrogen-bond acceptors (Lipinski definition) is 7. The van der Waals surface area contributed by atoms with Crippen LogP contribution in [0.25, 0.3) is 0 Å². The van der Waals surface area contributed by atoms with E-state index in [0.717, 1.165) is 30.1 Å². The average Bonchev–Trinajstić information content (AvgIpc) is 2.63. The highest BCUT2D eigenvalue weighted by molar-refractivity contribution is 7.10. The number of likely N-dealkylation sites (tertiary alicyclic amines) is 1. The summed E-state index contributed by atoms with van der Waals surface area (Å²) in [5.41, 5.74) is 2.86. The fourth-order valence-electron chi connectivity index (χ4n) is 2.09. The van der Waals surface area contributed by atoms with Gasteiger partial charge in [0.2, 0.25) is 0 Å². The number of piperidine rings is 1. The van der Waals surface area contributed by atoms with E-state index in [4.69, 9.17) is 5.84 Å². The van der Waals surface area contributed by atoms with Gasteiger partial charge >= 0.3 is 0 Å². The monoisotopic (exact) mass is 243 g/mol. The zero-order valence-corrected chi connectivity index (χ0v) is 10.1. The van der Waals surface area contributed by atoms with Crippen LogP contribution >= 0.6 is 11.5 Å². The minimum Gasteiger partial charge on any atom is -0.389 e. The molecule has 2 rings (SSSR count). The van der Waals surface area contributed by atoms with Crippen molar-refractivity contribution < 1.29 is 5.11 Å². The molecule has 1 atom stereocenters. The third-order valence-corrected chi connectivity index (χ3v) is 3.51. The first-order valence-electron chi connectivity index (χ1n) is 5.33. The molecule has 1 unspecified atom stereocenters. The Morgan fingerprint density at radius 1 is 1.69 bits per heavy atom. The molecule has 0 radical (unpaired) electrons. The van der Waals surface area contributed by atoms with E-state index in [1.165, 1.54) is 11.5 Å². The van der Waals surface area contributed by atoms with Gasteiger partial charge in [-0.1, -0.05) is 4.49 Å². The lowest BCUT2D eigenvalue weighted by atomic mass is 9.95. The van der Waals surface area contributed by atoms with Crippen molar-refractivity contribution in [2.24, 2.45) is 5.84 Å². The number of anilines is 1. The molecule has 2 heterocycles. The van der Waals surface area contributed by atoms with E-state index in [1.807, 2.05) is 6.92 Å². The standard InChI is InChI=1S/C9H17N5OS/c1-9(15)3-2-4-14(6-9)5-7-8(11-10)16-13-12-7/h11,15H,2-6,10H2,1H3. The van der Waals surface area contributed by atoms with Crippen molar-refractivity contribution in [1.82, 2.24) is 14.5 Å². The van der Waals surface area contributed by atoms with E-state index < -0.39 is 5.60 Å². The summed E-state index contributed by atoms with van der Waals surface area (Å²) >= 11 is 1.25. The number of nitrogens with zero attached hydrogens (tertiary/aromatic N) is 3. The lowest BCUT2D eigenvalue weighted by Gasteiger charge is -2.36. The van der Waals surface area contributed by atoms with Crippen LogP contribution in [0.15, 0.2) is 0 Å². The number of rotatable bonds is 3. The molecular weight excluding hydrogens is 226 g/mol. The van der Waals surface area contributed by atoms with Crippen LogP contribution in [-0.2, 0) is 6.54 Å². The first kappa shape index (κ1) is 11.7. The average molecular weight is 243 g/mol. The second-order valence-corrected chi connectivity index (χ2v) is 5.26. The molecule has 7 heteroatoms. The Kier molecular flexibility index (Phi) is 3.38. The van der Waals surface area contributed by atoms with Crippen LogP contribution < -0.4 is 11.3 Å². The van der Waals surface area contributed by atoms with Gasteiger partial charge in [-0.25, -0.2) is 5.84 Å². The number of hydrazine groups is 1. The van der Waals surface area contributed by atoms with Gasteiger partial charge < -0.3 is 10.5 Å². The molecule has 4 N–H and O–H groups in total. The summed E-state index contributed by atoms with van der Waals surface area (Å²) < 4.78 is 3.85. The number of aliphatic hydroxyl groups is 1. The molecule has 0 spiro atoms. The first-order chi connectivity index (χ1) is 7.61. The van der Waals surface area contributed by atoms with Crippen molar-refractivity contribution in [2.75, 3.05) is 18.5 Å². The maximum Gasteiger partial charge on any atom is 0.148 e. The molecule has 1 fully saturated rings. The maximum atomic E-state index is 9.98. The van der Waals surface area contributed by atoms with Crippen LogP contribution in [0.1, 0.15) is 25.5 Å². The lowest BCUT2D eigenvalue weighted by molar-refractivity contribution is -0.0184. The third-order valence-electron chi connectivity index (χ3n) is 2.81. The molecule has 1 aromatic rings. The smallest absolute Gasteiger partial charge is 0.148 e. The van der Waals surface area contributed by atoms with E-state index in [9.17, 15) is 5.11 Å². The van der Waals surface area contributed by atoms with E-state index in [0.29, 0.717) is 13.1 Å². The van der Waals surface area contributed by atoms with Gasteiger partial charge in [-0.05, 0) is 26.3 Å². The highest BCUT2D eigenvalue weighted by atomic mass is 32.1. The normalized spacial score (nSPS) is 26.9. The van der Waals surface area contributed by atoms with Crippen LogP contribution in [0.2, 0.25) is 0 Å². The van der Waals surface area contributed by atoms with Gasteiger partial charge in [0, 0.05) is 24.6 Å². The second kappa shape index (κ2) is 4.62. The Balaban J connectivity index is 1.99. The van der Waals surface area contributed by atoms with Crippen molar-refractivity contribution in [3.05, 3.63) is 5.69 Å². The quantitative estimate of drug-likeness (QED) is 0.518. The summed E-state index contributed by atoms with van der Waals surface area (Å²) in [6, 6.07) is 0. The Labute approximate surface area is 98.6 Å². The third kappa shape index (κ3) is 2.67. The van der Waals surface area contributed by atoms with Crippen molar-refractivity contribution in [3.8, 4) is 0 Å². The Hall–Kier alpha value is -0.760. The SMILES string of the molecule is CC1(O)CCCN(Cc2nnsc2NN)C1. The van der Waals surface area contributed by atoms with Crippen molar-refractivity contribution in [3.63, 3.8) is 0 Å². The van der Waals surface area contributed by atoms with E-state index >= 15 is 0 Å². The van der Waals surface area contributed by atoms with E-state index in [2.05, 4.69) is 19.9 Å². The predicted octanol–water partition coefficient (Wildman–Crippen LogP) is 0.170. The molecule has 0 amide bonds. The molecule has 0 aliphatic carbocycles. The minimum atomic E-state index is -0.585. The highest BCUT2D eigenvalue weighted by Crippen LogP contribution is 2.24. The zero-order valence-electron chi connectivity index (χ0n) is 9.31. The maximum absolute atomic E-state index is 9.98. The fourth-order valence-corrected chi connectivity index (χ4v) is 2.58. The summed E-state index contributed by atoms with van der Waals surface area (Å²) in [6.07, 6.45) is 1.87. The molecule has 0 aromatic carbocycles. The molecule has 1 aliphatic heterocycles. The van der Waals surface area contributed by atoms with E-state index in [1.54, 1.807) is 0 Å². The van der Waals surface area contributed by atoms with Gasteiger partial charge in [0.1, 0.15) is 10.7 Å². The van der Waals surface area contributed by atoms with Crippen LogP contribution in [0.5, 0.6) is 0 Å². The van der Waals surface area contributed by atoms with Crippen molar-refractivity contribution in [1.29, 1.82) is 0 Å². The molecule has 6 nitrogen and oxygen atoms in total. The van der Waals surface area contributed by atoms with Crippen LogP contribution in [0, 0.1) is 0 Å². The molecule has 16 heavy (non-hydrogen) atoms. The molecule has 0 bridgehead atoms. The molecule has 1 aromatic heterocycles. The fraction of sp³-hybridized carbons (Fsp3) is 0.778. The minimum absolute atomic E-state index is 0.585. The Bertz CT molecular complexity index is 353. The van der Waals surface area contributed by atoms with Crippen LogP contribution in [0.3, 0.4) is 0 Å². The summed E-state index contributed by atoms with van der Waals surface area (Å²) in [5, 5.41) is 14.8. The number of aromatic nitrogens is 2. The molecular formula is C9H17N5OS. The van der Waals surface area contributed by atoms with Crippen LogP contribution in [0.4, 0.5) is 5.00 Å². The number of nitrogen functional groups attached to an aromatic ring is 1. The molecule has 1 saturated heterocycles.